The van der Waals surface area contributed by atoms with Crippen LogP contribution in [0.4, 0.5) is 14.4 Å². The molecule has 18 heteroatoms. The second-order valence-electron chi connectivity index (χ2n) is 14.7. The summed E-state index contributed by atoms with van der Waals surface area (Å²) in [5.41, 5.74) is 11.7. The van der Waals surface area contributed by atoms with Crippen molar-refractivity contribution in [3.05, 3.63) is 163 Å². The van der Waals surface area contributed by atoms with E-state index in [1.54, 1.807) is 36.4 Å². The molecule has 0 aromatic heterocycles. The van der Waals surface area contributed by atoms with Gasteiger partial charge in [0.05, 0.1) is 36.5 Å². The fourth-order valence-corrected chi connectivity index (χ4v) is 14.0. The van der Waals surface area contributed by atoms with Crippen molar-refractivity contribution in [1.29, 1.82) is 0 Å². The van der Waals surface area contributed by atoms with Gasteiger partial charge in [0.2, 0.25) is 0 Å². The third kappa shape index (κ3) is 14.2. The van der Waals surface area contributed by atoms with Crippen LogP contribution in [0, 0.1) is 5.92 Å². The molecule has 0 amide bonds. The van der Waals surface area contributed by atoms with Crippen LogP contribution >= 0.6 is 0 Å². The molecule has 3 aromatic carbocycles. The monoisotopic (exact) mass is 956 g/mol. The molecule has 0 heterocycles. The molecule has 350 valence electrons. The van der Waals surface area contributed by atoms with Gasteiger partial charge in [0, 0.05) is 0 Å². The standard InChI is InChI=1S/C48H56O15Si3/c1-10-64(11-2,12-3)40-25-19-37(20-26-40)43(49)58-61-46(52)55-33-31-36(35-57-48(54)63-60-45(51)39-23-29-42(30-24-39)66(16-7,17-8)18-9)32-34-56-47(53)62-59-44(50)38-21-27-41(28-22-38)65(13-4,14-5)15-6/h10-11,13-14,16-17,19-30,36H,1-2,4-5,7-8,12,15,18,31-35H2,3,6,9H3. The Bertz CT molecular complexity index is 2090. The number of ether oxygens (including phenoxy) is 3. The maximum absolute atomic E-state index is 12.6. The number of hydrogen-bond donors (Lipinski definition) is 0. The molecule has 0 unspecified atom stereocenters. The number of carbonyl (C=O) groups is 6. The quantitative estimate of drug-likeness (QED) is 0.0289. The third-order valence-electron chi connectivity index (χ3n) is 11.4. The highest BCUT2D eigenvalue weighted by atomic mass is 28.3. The molecule has 0 aliphatic carbocycles. The van der Waals surface area contributed by atoms with Crippen LogP contribution in [-0.4, -0.2) is 80.4 Å². The van der Waals surface area contributed by atoms with Gasteiger partial charge in [0.1, 0.15) is 24.2 Å². The van der Waals surface area contributed by atoms with E-state index in [1.807, 2.05) is 55.0 Å². The molecule has 0 aliphatic rings. The van der Waals surface area contributed by atoms with Crippen molar-refractivity contribution in [1.82, 2.24) is 0 Å². The van der Waals surface area contributed by atoms with Gasteiger partial charge in [-0.05, 0) is 73.3 Å². The van der Waals surface area contributed by atoms with Crippen LogP contribution in [0.2, 0.25) is 18.1 Å². The minimum absolute atomic E-state index is 0.0269. The van der Waals surface area contributed by atoms with E-state index in [-0.39, 0.29) is 42.7 Å². The van der Waals surface area contributed by atoms with E-state index >= 15 is 0 Å². The van der Waals surface area contributed by atoms with E-state index in [9.17, 15) is 28.8 Å². The summed E-state index contributed by atoms with van der Waals surface area (Å²) in [6, 6.07) is 22.2. The second-order valence-corrected chi connectivity index (χ2v) is 27.2. The largest absolute Gasteiger partial charge is 0.549 e. The van der Waals surface area contributed by atoms with Crippen molar-refractivity contribution >= 4 is 76.2 Å². The average molecular weight is 957 g/mol. The minimum Gasteiger partial charge on any atom is -0.432 e. The third-order valence-corrected chi connectivity index (χ3v) is 23.5. The normalized spacial score (nSPS) is 11.1. The first kappa shape index (κ1) is 53.3. The molecule has 0 bridgehead atoms. The van der Waals surface area contributed by atoms with Crippen LogP contribution in [0.1, 0.15) is 64.7 Å². The Morgan fingerprint density at radius 2 is 0.682 bits per heavy atom. The number of benzene rings is 3. The topological polar surface area (TPSA) is 185 Å². The molecule has 0 aliphatic heterocycles. The smallest absolute Gasteiger partial charge is 0.432 e. The molecular weight excluding hydrogens is 901 g/mol. The van der Waals surface area contributed by atoms with Crippen LogP contribution < -0.4 is 15.6 Å². The van der Waals surface area contributed by atoms with Crippen molar-refractivity contribution in [2.75, 3.05) is 19.8 Å². The van der Waals surface area contributed by atoms with E-state index < -0.39 is 73.1 Å². The maximum Gasteiger partial charge on any atom is 0.549 e. The lowest BCUT2D eigenvalue weighted by atomic mass is 10.0. The van der Waals surface area contributed by atoms with E-state index in [0.717, 1.165) is 33.7 Å². The maximum atomic E-state index is 12.6. The fraction of sp³-hybridized carbons (Fsp3) is 0.250. The molecular formula is C48H56O15Si3. The van der Waals surface area contributed by atoms with Crippen LogP contribution in [0.5, 0.6) is 0 Å². The van der Waals surface area contributed by atoms with Crippen LogP contribution in [0.15, 0.2) is 146 Å². The lowest BCUT2D eigenvalue weighted by Crippen LogP contribution is -2.43. The molecule has 3 rings (SSSR count). The summed E-state index contributed by atoms with van der Waals surface area (Å²) in [5, 5.41) is 2.95. The van der Waals surface area contributed by atoms with E-state index in [0.29, 0.717) is 0 Å². The predicted molar refractivity (Wildman–Crippen MR) is 254 cm³/mol. The molecule has 15 nitrogen and oxygen atoms in total. The van der Waals surface area contributed by atoms with Crippen LogP contribution in [0.25, 0.3) is 0 Å². The summed E-state index contributed by atoms with van der Waals surface area (Å²) in [6.45, 7) is 28.6. The first-order valence-corrected chi connectivity index (χ1v) is 28.1. The number of rotatable bonds is 23. The summed E-state index contributed by atoms with van der Waals surface area (Å²) in [5.74, 6) is -3.57. The van der Waals surface area contributed by atoms with Gasteiger partial charge in [0.15, 0.2) is 0 Å². The zero-order valence-corrected chi connectivity index (χ0v) is 40.5. The molecule has 0 saturated carbocycles. The van der Waals surface area contributed by atoms with Gasteiger partial charge >= 0.3 is 36.4 Å². The predicted octanol–water partition coefficient (Wildman–Crippen LogP) is 8.54. The molecule has 0 spiro atoms. The molecule has 0 saturated heterocycles. The first-order valence-electron chi connectivity index (χ1n) is 21.0. The van der Waals surface area contributed by atoms with Gasteiger partial charge in [-0.25, -0.2) is 43.7 Å². The lowest BCUT2D eigenvalue weighted by Gasteiger charge is -2.23. The molecule has 66 heavy (non-hydrogen) atoms. The van der Waals surface area contributed by atoms with Gasteiger partial charge in [0.25, 0.3) is 0 Å². The van der Waals surface area contributed by atoms with Gasteiger partial charge in [-0.2, -0.15) is 14.4 Å². The van der Waals surface area contributed by atoms with E-state index in [2.05, 4.69) is 68.8 Å². The van der Waals surface area contributed by atoms with Gasteiger partial charge < -0.3 is 14.2 Å². The summed E-state index contributed by atoms with van der Waals surface area (Å²) in [7, 11) is -6.43. The Morgan fingerprint density at radius 3 is 0.924 bits per heavy atom. The Labute approximate surface area is 387 Å². The number of hydrogen-bond acceptors (Lipinski definition) is 15. The van der Waals surface area contributed by atoms with Crippen molar-refractivity contribution in [2.24, 2.45) is 5.92 Å². The zero-order valence-electron chi connectivity index (χ0n) is 37.5. The number of carbonyl (C=O) groups excluding carboxylic acids is 6. The van der Waals surface area contributed by atoms with Crippen molar-refractivity contribution < 1.29 is 72.3 Å². The fourth-order valence-electron chi connectivity index (χ4n) is 6.73. The minimum atomic E-state index is -2.15. The van der Waals surface area contributed by atoms with Gasteiger partial charge in [-0.15, -0.1) is 39.5 Å². The van der Waals surface area contributed by atoms with Crippen LogP contribution in [0.3, 0.4) is 0 Å². The van der Waals surface area contributed by atoms with Gasteiger partial charge in [-0.1, -0.05) is 107 Å². The van der Waals surface area contributed by atoms with E-state index in [1.165, 1.54) is 36.4 Å². The Hall–Kier alpha value is -7.03. The summed E-state index contributed by atoms with van der Waals surface area (Å²) in [6.07, 6.45) is -4.14. The Balaban J connectivity index is 1.56. The van der Waals surface area contributed by atoms with Crippen molar-refractivity contribution in [3.8, 4) is 0 Å². The van der Waals surface area contributed by atoms with Crippen molar-refractivity contribution in [2.45, 2.75) is 51.7 Å². The summed E-state index contributed by atoms with van der Waals surface area (Å²) >= 11 is 0. The second kappa shape index (κ2) is 26.1. The lowest BCUT2D eigenvalue weighted by molar-refractivity contribution is -0.206. The highest BCUT2D eigenvalue weighted by Crippen LogP contribution is 2.18. The molecule has 0 N–H and O–H groups in total. The SMILES string of the molecule is C=C[Si](C=C)(CC)c1ccc(C(=O)OOC(=O)OCCC(CCOC(=O)OOC(=O)c2ccc([Si](C=C)(C=C)CC)cc2)COC(=O)OOC(=O)c2ccc([Si](C=C)(C=C)CC)cc2)cc1. The summed E-state index contributed by atoms with van der Waals surface area (Å²) < 4.78 is 15.2. The average Bonchev–Trinajstić information content (AvgIpc) is 3.35. The van der Waals surface area contributed by atoms with Gasteiger partial charge in [-0.3, -0.25) is 0 Å². The molecule has 0 fully saturated rings. The highest BCUT2D eigenvalue weighted by Gasteiger charge is 2.29. The first-order chi connectivity index (χ1) is 31.7. The Kier molecular flexibility index (Phi) is 21.0. The van der Waals surface area contributed by atoms with E-state index in [4.69, 9.17) is 14.2 Å². The molecule has 3 aromatic rings. The Morgan fingerprint density at radius 1 is 0.424 bits per heavy atom. The summed E-state index contributed by atoms with van der Waals surface area (Å²) in [4.78, 5) is 102. The molecule has 0 radical (unpaired) electrons. The zero-order chi connectivity index (χ0) is 48.8. The highest BCUT2D eigenvalue weighted by molar-refractivity contribution is 7.00. The van der Waals surface area contributed by atoms with Crippen molar-refractivity contribution in [3.63, 3.8) is 0 Å². The molecule has 0 atom stereocenters. The van der Waals surface area contributed by atoms with Crippen LogP contribution in [-0.2, 0) is 43.5 Å².